The summed E-state index contributed by atoms with van der Waals surface area (Å²) in [6, 6.07) is 0. The number of carbonyl (C=O) groups is 1. The summed E-state index contributed by atoms with van der Waals surface area (Å²) in [7, 11) is 1.54. The van der Waals surface area contributed by atoms with Gasteiger partial charge >= 0.3 is 0 Å². The lowest BCUT2D eigenvalue weighted by atomic mass is 10.7. The number of nitrogens with one attached hydrogen (secondary N) is 1. The van der Waals surface area contributed by atoms with Gasteiger partial charge in [-0.15, -0.1) is 0 Å². The Hall–Kier alpha value is -1.06. The van der Waals surface area contributed by atoms with Crippen LogP contribution in [0.3, 0.4) is 0 Å². The fourth-order valence-electron chi connectivity index (χ4n) is 0.243. The Kier molecular flexibility index (Phi) is 4.49. The molecule has 0 spiro atoms. The lowest BCUT2D eigenvalue weighted by Crippen LogP contribution is -2.22. The van der Waals surface area contributed by atoms with Gasteiger partial charge < -0.3 is 10.2 Å². The fraction of sp³-hybridized carbons (Fsp3) is 0.600. The number of amides is 1. The number of oxime groups is 1. The molecule has 0 atom stereocenters. The van der Waals surface area contributed by atoms with Crippen molar-refractivity contribution in [2.45, 2.75) is 6.92 Å². The second-order valence-corrected chi connectivity index (χ2v) is 1.31. The predicted molar refractivity (Wildman–Crippen MR) is 34.2 cm³/mol. The lowest BCUT2D eigenvalue weighted by molar-refractivity contribution is -0.125. The highest BCUT2D eigenvalue weighted by Gasteiger charge is 1.93. The number of hydrogen-bond donors (Lipinski definition) is 1. The van der Waals surface area contributed by atoms with E-state index in [1.165, 1.54) is 6.21 Å². The van der Waals surface area contributed by atoms with Gasteiger partial charge in [-0.1, -0.05) is 5.16 Å². The molecular weight excluding hydrogens is 120 g/mol. The summed E-state index contributed by atoms with van der Waals surface area (Å²) in [4.78, 5) is 14.9. The second kappa shape index (κ2) is 5.08. The summed E-state index contributed by atoms with van der Waals surface area (Å²) < 4.78 is 0. The third kappa shape index (κ3) is 4.80. The number of rotatable bonds is 3. The van der Waals surface area contributed by atoms with Gasteiger partial charge in [0.15, 0.2) is 6.61 Å². The topological polar surface area (TPSA) is 50.7 Å². The fourth-order valence-corrected chi connectivity index (χ4v) is 0.243. The van der Waals surface area contributed by atoms with Crippen molar-refractivity contribution in [1.29, 1.82) is 0 Å². The van der Waals surface area contributed by atoms with Crippen LogP contribution >= 0.6 is 0 Å². The molecule has 0 bridgehead atoms. The molecule has 0 saturated heterocycles. The Balaban J connectivity index is 3.17. The van der Waals surface area contributed by atoms with Gasteiger partial charge in [0.05, 0.1) is 0 Å². The summed E-state index contributed by atoms with van der Waals surface area (Å²) in [6.45, 7) is 1.70. The molecule has 0 aromatic carbocycles. The van der Waals surface area contributed by atoms with E-state index in [9.17, 15) is 4.79 Å². The summed E-state index contributed by atoms with van der Waals surface area (Å²) in [5, 5.41) is 5.76. The van der Waals surface area contributed by atoms with Crippen LogP contribution in [0.1, 0.15) is 6.92 Å². The highest BCUT2D eigenvalue weighted by molar-refractivity contribution is 5.76. The third-order valence-corrected chi connectivity index (χ3v) is 0.654. The van der Waals surface area contributed by atoms with Gasteiger partial charge in [0.2, 0.25) is 0 Å². The quantitative estimate of drug-likeness (QED) is 0.423. The molecule has 0 saturated carbocycles. The Morgan fingerprint density at radius 2 is 2.56 bits per heavy atom. The van der Waals surface area contributed by atoms with Crippen molar-refractivity contribution in [3.05, 3.63) is 0 Å². The smallest absolute Gasteiger partial charge is 0.260 e. The van der Waals surface area contributed by atoms with Crippen LogP contribution in [0.15, 0.2) is 5.16 Å². The number of likely N-dealkylation sites (N-methyl/N-ethyl adjacent to an activating group) is 1. The van der Waals surface area contributed by atoms with Crippen LogP contribution in [0.5, 0.6) is 0 Å². The number of hydrogen-bond acceptors (Lipinski definition) is 3. The molecule has 0 fully saturated rings. The zero-order valence-corrected chi connectivity index (χ0v) is 5.55. The average molecular weight is 130 g/mol. The largest absolute Gasteiger partial charge is 0.386 e. The number of carbonyl (C=O) groups excluding carboxylic acids is 1. The molecule has 52 valence electrons. The molecule has 4 heteroatoms. The van der Waals surface area contributed by atoms with Crippen molar-refractivity contribution < 1.29 is 9.63 Å². The molecule has 0 unspecified atom stereocenters. The van der Waals surface area contributed by atoms with Crippen molar-refractivity contribution in [3.63, 3.8) is 0 Å². The maximum atomic E-state index is 10.4. The lowest BCUT2D eigenvalue weighted by Gasteiger charge is -1.94. The molecule has 0 radical (unpaired) electrons. The highest BCUT2D eigenvalue weighted by Crippen LogP contribution is 1.72. The first kappa shape index (κ1) is 7.94. The first-order valence-electron chi connectivity index (χ1n) is 2.61. The van der Waals surface area contributed by atoms with Gasteiger partial charge in [-0.05, 0) is 6.92 Å². The molecular formula is C5H10N2O2. The van der Waals surface area contributed by atoms with Crippen LogP contribution < -0.4 is 5.32 Å². The van der Waals surface area contributed by atoms with Crippen molar-refractivity contribution >= 4 is 12.1 Å². The van der Waals surface area contributed by atoms with Gasteiger partial charge in [-0.2, -0.15) is 0 Å². The van der Waals surface area contributed by atoms with Crippen molar-refractivity contribution in [2.24, 2.45) is 5.16 Å². The number of nitrogens with zero attached hydrogens (tertiary/aromatic N) is 1. The minimum atomic E-state index is -0.180. The van der Waals surface area contributed by atoms with Gasteiger partial charge in [0.25, 0.3) is 5.91 Å². The SMILES string of the molecule is C/C=N\OCC(=O)NC. The van der Waals surface area contributed by atoms with Gasteiger partial charge in [0.1, 0.15) is 0 Å². The van der Waals surface area contributed by atoms with E-state index in [1.807, 2.05) is 0 Å². The minimum absolute atomic E-state index is 0.0131. The normalized spacial score (nSPS) is 9.56. The Bertz CT molecular complexity index is 112. The highest BCUT2D eigenvalue weighted by atomic mass is 16.6. The molecule has 4 nitrogen and oxygen atoms in total. The second-order valence-electron chi connectivity index (χ2n) is 1.31. The van der Waals surface area contributed by atoms with Crippen LogP contribution in [0.4, 0.5) is 0 Å². The Morgan fingerprint density at radius 3 is 3.00 bits per heavy atom. The van der Waals surface area contributed by atoms with E-state index in [2.05, 4.69) is 15.3 Å². The molecule has 0 aliphatic rings. The van der Waals surface area contributed by atoms with Crippen LogP contribution in [0, 0.1) is 0 Å². The Morgan fingerprint density at radius 1 is 1.89 bits per heavy atom. The maximum Gasteiger partial charge on any atom is 0.260 e. The molecule has 0 aromatic rings. The van der Waals surface area contributed by atoms with Crippen LogP contribution in [-0.2, 0) is 9.63 Å². The first-order chi connectivity index (χ1) is 4.31. The molecule has 9 heavy (non-hydrogen) atoms. The molecule has 0 rings (SSSR count). The van der Waals surface area contributed by atoms with Crippen molar-refractivity contribution in [3.8, 4) is 0 Å². The van der Waals surface area contributed by atoms with E-state index >= 15 is 0 Å². The van der Waals surface area contributed by atoms with Gasteiger partial charge in [-0.3, -0.25) is 4.79 Å². The third-order valence-electron chi connectivity index (χ3n) is 0.654. The summed E-state index contributed by atoms with van der Waals surface area (Å²) in [5.41, 5.74) is 0. The van der Waals surface area contributed by atoms with Crippen molar-refractivity contribution in [2.75, 3.05) is 13.7 Å². The van der Waals surface area contributed by atoms with E-state index in [0.29, 0.717) is 0 Å². The van der Waals surface area contributed by atoms with Crippen LogP contribution in [0.2, 0.25) is 0 Å². The summed E-state index contributed by atoms with van der Waals surface area (Å²) >= 11 is 0. The first-order valence-corrected chi connectivity index (χ1v) is 2.61. The maximum absolute atomic E-state index is 10.4. The monoisotopic (exact) mass is 130 g/mol. The van der Waals surface area contributed by atoms with Gasteiger partial charge in [-0.25, -0.2) is 0 Å². The van der Waals surface area contributed by atoms with E-state index in [0.717, 1.165) is 0 Å². The zero-order valence-electron chi connectivity index (χ0n) is 5.55. The van der Waals surface area contributed by atoms with E-state index < -0.39 is 0 Å². The Labute approximate surface area is 53.9 Å². The molecule has 0 aliphatic carbocycles. The molecule has 0 aromatic heterocycles. The summed E-state index contributed by atoms with van der Waals surface area (Å²) in [6.07, 6.45) is 1.48. The average Bonchev–Trinajstić information content (AvgIpc) is 1.89. The molecule has 1 amide bonds. The molecule has 1 N–H and O–H groups in total. The molecule has 0 aliphatic heterocycles. The standard InChI is InChI=1S/C5H10N2O2/c1-3-7-9-4-5(8)6-2/h3H,4H2,1-2H3,(H,6,8)/b7-3-. The summed E-state index contributed by atoms with van der Waals surface area (Å²) in [5.74, 6) is -0.180. The van der Waals surface area contributed by atoms with E-state index in [-0.39, 0.29) is 12.5 Å². The predicted octanol–water partition coefficient (Wildman–Crippen LogP) is -0.245. The van der Waals surface area contributed by atoms with Crippen LogP contribution in [0.25, 0.3) is 0 Å². The zero-order chi connectivity index (χ0) is 7.11. The van der Waals surface area contributed by atoms with Gasteiger partial charge in [0, 0.05) is 13.3 Å². The van der Waals surface area contributed by atoms with Crippen LogP contribution in [-0.4, -0.2) is 25.8 Å². The van der Waals surface area contributed by atoms with Crippen molar-refractivity contribution in [1.82, 2.24) is 5.32 Å². The minimum Gasteiger partial charge on any atom is -0.386 e. The van der Waals surface area contributed by atoms with E-state index in [4.69, 9.17) is 0 Å². The van der Waals surface area contributed by atoms with E-state index in [1.54, 1.807) is 14.0 Å². The molecule has 0 heterocycles.